The molecule has 14 heavy (non-hydrogen) atoms. The summed E-state index contributed by atoms with van der Waals surface area (Å²) < 4.78 is 1.65. The maximum absolute atomic E-state index is 11.2. The second-order valence-corrected chi connectivity index (χ2v) is 3.38. The number of benzene rings is 1. The van der Waals surface area contributed by atoms with E-state index in [9.17, 15) is 4.79 Å². The molecule has 0 saturated heterocycles. The summed E-state index contributed by atoms with van der Waals surface area (Å²) in [5.74, 6) is 0. The van der Waals surface area contributed by atoms with E-state index >= 15 is 0 Å². The van der Waals surface area contributed by atoms with Gasteiger partial charge in [-0.1, -0.05) is 29.8 Å². The summed E-state index contributed by atoms with van der Waals surface area (Å²) in [7, 11) is 0. The van der Waals surface area contributed by atoms with E-state index in [1.165, 1.54) is 5.56 Å². The molecule has 2 rings (SSSR count). The van der Waals surface area contributed by atoms with Crippen LogP contribution in [-0.2, 0) is 6.54 Å². The summed E-state index contributed by atoms with van der Waals surface area (Å²) in [4.78, 5) is 13.8. The highest BCUT2D eigenvalue weighted by atomic mass is 16.1. The summed E-state index contributed by atoms with van der Waals surface area (Å²) in [5, 5.41) is 0. The van der Waals surface area contributed by atoms with Gasteiger partial charge in [-0.25, -0.2) is 4.79 Å². The molecule has 0 aliphatic carbocycles. The predicted molar refractivity (Wildman–Crippen MR) is 55.3 cm³/mol. The molecule has 2 aromatic rings. The minimum Gasteiger partial charge on any atom is -0.313 e. The number of aromatic nitrogens is 2. The fourth-order valence-corrected chi connectivity index (χ4v) is 1.48. The highest BCUT2D eigenvalue weighted by molar-refractivity contribution is 5.22. The van der Waals surface area contributed by atoms with Gasteiger partial charge in [-0.3, -0.25) is 4.57 Å². The number of nitrogens with one attached hydrogen (secondary N) is 1. The Morgan fingerprint density at radius 1 is 1.43 bits per heavy atom. The first kappa shape index (κ1) is 8.81. The van der Waals surface area contributed by atoms with Crippen molar-refractivity contribution in [1.82, 2.24) is 9.55 Å². The van der Waals surface area contributed by atoms with E-state index in [4.69, 9.17) is 0 Å². The predicted octanol–water partition coefficient (Wildman–Crippen LogP) is 1.53. The fourth-order valence-electron chi connectivity index (χ4n) is 1.48. The molecule has 1 aromatic carbocycles. The average Bonchev–Trinajstić information content (AvgIpc) is 2.52. The number of hydrogen-bond donors (Lipinski definition) is 1. The van der Waals surface area contributed by atoms with Gasteiger partial charge in [-0.2, -0.15) is 0 Å². The Balaban J connectivity index is 2.27. The van der Waals surface area contributed by atoms with Gasteiger partial charge in [-0.15, -0.1) is 0 Å². The van der Waals surface area contributed by atoms with Crippen molar-refractivity contribution in [1.29, 1.82) is 0 Å². The van der Waals surface area contributed by atoms with Crippen LogP contribution in [0.5, 0.6) is 0 Å². The van der Waals surface area contributed by atoms with Crippen LogP contribution in [0.25, 0.3) is 0 Å². The van der Waals surface area contributed by atoms with Crippen molar-refractivity contribution < 1.29 is 0 Å². The first-order valence-electron chi connectivity index (χ1n) is 4.55. The Bertz CT molecular complexity index is 482. The first-order valence-corrected chi connectivity index (χ1v) is 4.55. The van der Waals surface area contributed by atoms with Crippen LogP contribution >= 0.6 is 0 Å². The van der Waals surface area contributed by atoms with Crippen molar-refractivity contribution in [3.63, 3.8) is 0 Å². The molecule has 0 saturated carbocycles. The highest BCUT2D eigenvalue weighted by Gasteiger charge is 1.97. The zero-order valence-electron chi connectivity index (χ0n) is 8.03. The number of aryl methyl sites for hydroxylation is 1. The van der Waals surface area contributed by atoms with Gasteiger partial charge in [0.05, 0.1) is 6.54 Å². The molecule has 0 bridgehead atoms. The van der Waals surface area contributed by atoms with Gasteiger partial charge in [0.2, 0.25) is 0 Å². The van der Waals surface area contributed by atoms with E-state index in [2.05, 4.69) is 11.1 Å². The lowest BCUT2D eigenvalue weighted by atomic mass is 10.1. The van der Waals surface area contributed by atoms with Crippen LogP contribution in [0, 0.1) is 6.92 Å². The van der Waals surface area contributed by atoms with E-state index in [1.807, 2.05) is 25.1 Å². The Morgan fingerprint density at radius 3 is 2.93 bits per heavy atom. The molecule has 3 heteroatoms. The molecule has 72 valence electrons. The van der Waals surface area contributed by atoms with Crippen molar-refractivity contribution in [2.24, 2.45) is 0 Å². The molecule has 1 aromatic heterocycles. The molecule has 0 aliphatic rings. The SMILES string of the molecule is Cc1cccc(Cn2cc[nH]c2=O)c1. The molecule has 0 radical (unpaired) electrons. The fraction of sp³-hybridized carbons (Fsp3) is 0.182. The molecule has 0 aliphatic heterocycles. The van der Waals surface area contributed by atoms with Crippen LogP contribution in [0.2, 0.25) is 0 Å². The number of aromatic amines is 1. The topological polar surface area (TPSA) is 37.8 Å². The second kappa shape index (κ2) is 3.54. The van der Waals surface area contributed by atoms with Crippen LogP contribution < -0.4 is 5.69 Å². The summed E-state index contributed by atoms with van der Waals surface area (Å²) in [6.45, 7) is 2.67. The summed E-state index contributed by atoms with van der Waals surface area (Å²) in [6, 6.07) is 8.15. The third-order valence-electron chi connectivity index (χ3n) is 2.16. The van der Waals surface area contributed by atoms with E-state index in [0.29, 0.717) is 6.54 Å². The normalized spacial score (nSPS) is 10.4. The number of imidazole rings is 1. The van der Waals surface area contributed by atoms with E-state index < -0.39 is 0 Å². The molecular formula is C11H12N2O. The number of H-pyrrole nitrogens is 1. The van der Waals surface area contributed by atoms with Gasteiger partial charge in [0, 0.05) is 12.4 Å². The Kier molecular flexibility index (Phi) is 2.23. The van der Waals surface area contributed by atoms with Gasteiger partial charge in [0.15, 0.2) is 0 Å². The van der Waals surface area contributed by atoms with Crippen LogP contribution in [0.15, 0.2) is 41.5 Å². The van der Waals surface area contributed by atoms with Gasteiger partial charge in [0.25, 0.3) is 0 Å². The molecule has 0 unspecified atom stereocenters. The van der Waals surface area contributed by atoms with Crippen LogP contribution in [0.1, 0.15) is 11.1 Å². The largest absolute Gasteiger partial charge is 0.325 e. The third-order valence-corrected chi connectivity index (χ3v) is 2.16. The summed E-state index contributed by atoms with van der Waals surface area (Å²) in [5.41, 5.74) is 2.30. The summed E-state index contributed by atoms with van der Waals surface area (Å²) in [6.07, 6.45) is 3.41. The van der Waals surface area contributed by atoms with E-state index in [1.54, 1.807) is 17.0 Å². The van der Waals surface area contributed by atoms with Crippen LogP contribution in [0.3, 0.4) is 0 Å². The quantitative estimate of drug-likeness (QED) is 0.762. The lowest BCUT2D eigenvalue weighted by Gasteiger charge is -2.02. The molecule has 0 spiro atoms. The second-order valence-electron chi connectivity index (χ2n) is 3.38. The molecule has 0 fully saturated rings. The van der Waals surface area contributed by atoms with Gasteiger partial charge in [-0.05, 0) is 12.5 Å². The Labute approximate surface area is 82.0 Å². The smallest absolute Gasteiger partial charge is 0.313 e. The van der Waals surface area contributed by atoms with E-state index in [0.717, 1.165) is 5.56 Å². The molecule has 0 amide bonds. The Morgan fingerprint density at radius 2 is 2.29 bits per heavy atom. The number of hydrogen-bond acceptors (Lipinski definition) is 1. The minimum absolute atomic E-state index is 0.0634. The maximum Gasteiger partial charge on any atom is 0.325 e. The molecule has 3 nitrogen and oxygen atoms in total. The lowest BCUT2D eigenvalue weighted by Crippen LogP contribution is -2.16. The van der Waals surface area contributed by atoms with Gasteiger partial charge in [0.1, 0.15) is 0 Å². The zero-order valence-corrected chi connectivity index (χ0v) is 8.03. The third kappa shape index (κ3) is 1.76. The van der Waals surface area contributed by atoms with Crippen molar-refractivity contribution in [2.75, 3.05) is 0 Å². The standard InChI is InChI=1S/C11H12N2O/c1-9-3-2-4-10(7-9)8-13-6-5-12-11(13)14/h2-7H,8H2,1H3,(H,12,14). The monoisotopic (exact) mass is 188 g/mol. The van der Waals surface area contributed by atoms with Crippen molar-refractivity contribution in [3.8, 4) is 0 Å². The average molecular weight is 188 g/mol. The summed E-state index contributed by atoms with van der Waals surface area (Å²) >= 11 is 0. The van der Waals surface area contributed by atoms with Crippen molar-refractivity contribution in [3.05, 3.63) is 58.3 Å². The molecule has 1 N–H and O–H groups in total. The van der Waals surface area contributed by atoms with Crippen molar-refractivity contribution >= 4 is 0 Å². The number of nitrogens with zero attached hydrogens (tertiary/aromatic N) is 1. The molecular weight excluding hydrogens is 176 g/mol. The van der Waals surface area contributed by atoms with Crippen LogP contribution in [0.4, 0.5) is 0 Å². The Hall–Kier alpha value is -1.77. The van der Waals surface area contributed by atoms with Crippen molar-refractivity contribution in [2.45, 2.75) is 13.5 Å². The molecule has 1 heterocycles. The van der Waals surface area contributed by atoms with Gasteiger partial charge >= 0.3 is 5.69 Å². The first-order chi connectivity index (χ1) is 6.75. The lowest BCUT2D eigenvalue weighted by molar-refractivity contribution is 0.761. The number of rotatable bonds is 2. The molecule has 0 atom stereocenters. The van der Waals surface area contributed by atoms with E-state index in [-0.39, 0.29) is 5.69 Å². The van der Waals surface area contributed by atoms with Crippen LogP contribution in [-0.4, -0.2) is 9.55 Å². The van der Waals surface area contributed by atoms with Gasteiger partial charge < -0.3 is 4.98 Å². The minimum atomic E-state index is -0.0634. The maximum atomic E-state index is 11.2. The highest BCUT2D eigenvalue weighted by Crippen LogP contribution is 2.04. The zero-order chi connectivity index (χ0) is 9.97.